The molecule has 0 unspecified atom stereocenters. The Labute approximate surface area is 84.1 Å². The Balaban J connectivity index is 2.27. The highest BCUT2D eigenvalue weighted by Crippen LogP contribution is 2.02. The van der Waals surface area contributed by atoms with Crippen molar-refractivity contribution in [3.8, 4) is 0 Å². The lowest BCUT2D eigenvalue weighted by Crippen LogP contribution is -2.04. The van der Waals surface area contributed by atoms with Gasteiger partial charge in [-0.15, -0.1) is 0 Å². The van der Waals surface area contributed by atoms with Crippen LogP contribution in [-0.2, 0) is 16.0 Å². The van der Waals surface area contributed by atoms with Crippen LogP contribution >= 0.6 is 0 Å². The summed E-state index contributed by atoms with van der Waals surface area (Å²) in [6, 6.07) is 3.74. The van der Waals surface area contributed by atoms with Gasteiger partial charge in [-0.1, -0.05) is 0 Å². The zero-order valence-corrected chi connectivity index (χ0v) is 8.40. The van der Waals surface area contributed by atoms with Gasteiger partial charge in [-0.25, -0.2) is 0 Å². The van der Waals surface area contributed by atoms with Crippen LogP contribution in [0.15, 0.2) is 24.5 Å². The highest BCUT2D eigenvalue weighted by molar-refractivity contribution is 5.80. The number of nitrogens with zero attached hydrogens (tertiary/aromatic N) is 1. The molecule has 0 bridgehead atoms. The van der Waals surface area contributed by atoms with Crippen LogP contribution in [0.5, 0.6) is 0 Å². The first-order valence-electron chi connectivity index (χ1n) is 4.72. The van der Waals surface area contributed by atoms with Crippen molar-refractivity contribution < 1.29 is 9.53 Å². The van der Waals surface area contributed by atoms with Gasteiger partial charge in [0.1, 0.15) is 5.78 Å². The van der Waals surface area contributed by atoms with Gasteiger partial charge in [0.05, 0.1) is 0 Å². The second kappa shape index (κ2) is 6.27. The number of carbonyl (C=O) groups excluding carboxylic acids is 1. The Morgan fingerprint density at radius 3 is 2.79 bits per heavy atom. The van der Waals surface area contributed by atoms with Crippen LogP contribution in [-0.4, -0.2) is 24.5 Å². The van der Waals surface area contributed by atoms with Crippen molar-refractivity contribution in [3.05, 3.63) is 30.1 Å². The maximum atomic E-state index is 11.4. The van der Waals surface area contributed by atoms with Gasteiger partial charge >= 0.3 is 0 Å². The lowest BCUT2D eigenvalue weighted by molar-refractivity contribution is -0.118. The molecule has 0 atom stereocenters. The summed E-state index contributed by atoms with van der Waals surface area (Å²) >= 11 is 0. The highest BCUT2D eigenvalue weighted by atomic mass is 16.5. The van der Waals surface area contributed by atoms with Crippen molar-refractivity contribution in [1.82, 2.24) is 4.98 Å². The first-order valence-corrected chi connectivity index (χ1v) is 4.72. The minimum absolute atomic E-state index is 0.258. The quantitative estimate of drug-likeness (QED) is 0.644. The minimum Gasteiger partial charge on any atom is -0.385 e. The van der Waals surface area contributed by atoms with E-state index in [1.165, 1.54) is 0 Å². The Bertz CT molecular complexity index is 272. The molecule has 0 spiro atoms. The summed E-state index contributed by atoms with van der Waals surface area (Å²) in [4.78, 5) is 15.3. The fourth-order valence-corrected chi connectivity index (χ4v) is 1.23. The molecule has 0 fully saturated rings. The Morgan fingerprint density at radius 2 is 2.14 bits per heavy atom. The molecule has 76 valence electrons. The normalized spacial score (nSPS) is 10.1. The number of carbonyl (C=O) groups is 1. The fraction of sp³-hybridized carbons (Fsp3) is 0.455. The molecule has 0 N–H and O–H groups in total. The average Bonchev–Trinajstić information content (AvgIpc) is 2.20. The van der Waals surface area contributed by atoms with Crippen LogP contribution in [0.3, 0.4) is 0 Å². The van der Waals surface area contributed by atoms with Crippen LogP contribution in [0.4, 0.5) is 0 Å². The van der Waals surface area contributed by atoms with Crippen molar-refractivity contribution in [2.45, 2.75) is 19.3 Å². The van der Waals surface area contributed by atoms with Gasteiger partial charge in [-0.2, -0.15) is 0 Å². The molecule has 0 amide bonds. The van der Waals surface area contributed by atoms with Gasteiger partial charge in [0.15, 0.2) is 0 Å². The summed E-state index contributed by atoms with van der Waals surface area (Å²) in [5, 5.41) is 0. The van der Waals surface area contributed by atoms with Crippen molar-refractivity contribution in [1.29, 1.82) is 0 Å². The average molecular weight is 193 g/mol. The SMILES string of the molecule is COCCCC(=O)Cc1ccncc1. The van der Waals surface area contributed by atoms with E-state index in [1.54, 1.807) is 19.5 Å². The summed E-state index contributed by atoms with van der Waals surface area (Å²) in [6.07, 6.45) is 5.32. The van der Waals surface area contributed by atoms with E-state index in [-0.39, 0.29) is 5.78 Å². The third kappa shape index (κ3) is 4.14. The second-order valence-electron chi connectivity index (χ2n) is 3.17. The topological polar surface area (TPSA) is 39.2 Å². The van der Waals surface area contributed by atoms with E-state index in [2.05, 4.69) is 4.98 Å². The maximum Gasteiger partial charge on any atom is 0.137 e. The Hall–Kier alpha value is -1.22. The summed E-state index contributed by atoms with van der Waals surface area (Å²) in [7, 11) is 1.65. The second-order valence-corrected chi connectivity index (χ2v) is 3.17. The summed E-state index contributed by atoms with van der Waals surface area (Å²) in [6.45, 7) is 0.655. The van der Waals surface area contributed by atoms with Crippen LogP contribution < -0.4 is 0 Å². The predicted molar refractivity (Wildman–Crippen MR) is 54.1 cm³/mol. The zero-order valence-electron chi connectivity index (χ0n) is 8.40. The third-order valence-corrected chi connectivity index (χ3v) is 1.95. The van der Waals surface area contributed by atoms with E-state index in [1.807, 2.05) is 12.1 Å². The van der Waals surface area contributed by atoms with E-state index in [9.17, 15) is 4.79 Å². The predicted octanol–water partition coefficient (Wildman–Crippen LogP) is 1.62. The van der Waals surface area contributed by atoms with Gasteiger partial charge in [0.2, 0.25) is 0 Å². The smallest absolute Gasteiger partial charge is 0.137 e. The monoisotopic (exact) mass is 193 g/mol. The molecular weight excluding hydrogens is 178 g/mol. The molecule has 0 saturated heterocycles. The molecule has 3 heteroatoms. The molecule has 1 aromatic rings. The number of rotatable bonds is 6. The van der Waals surface area contributed by atoms with E-state index in [4.69, 9.17) is 4.74 Å². The van der Waals surface area contributed by atoms with Crippen LogP contribution in [0.1, 0.15) is 18.4 Å². The molecule has 3 nitrogen and oxygen atoms in total. The van der Waals surface area contributed by atoms with Crippen molar-refractivity contribution in [3.63, 3.8) is 0 Å². The number of hydrogen-bond acceptors (Lipinski definition) is 3. The lowest BCUT2D eigenvalue weighted by Gasteiger charge is -2.00. The highest BCUT2D eigenvalue weighted by Gasteiger charge is 2.02. The van der Waals surface area contributed by atoms with E-state index >= 15 is 0 Å². The Morgan fingerprint density at radius 1 is 1.43 bits per heavy atom. The molecule has 0 aromatic carbocycles. The van der Waals surface area contributed by atoms with E-state index < -0.39 is 0 Å². The van der Waals surface area contributed by atoms with Crippen LogP contribution in [0, 0.1) is 0 Å². The summed E-state index contributed by atoms with van der Waals surface area (Å²) < 4.78 is 4.88. The van der Waals surface area contributed by atoms with Crippen LogP contribution in [0.25, 0.3) is 0 Å². The van der Waals surface area contributed by atoms with E-state index in [0.717, 1.165) is 12.0 Å². The largest absolute Gasteiger partial charge is 0.385 e. The molecule has 0 aliphatic carbocycles. The van der Waals surface area contributed by atoms with Crippen LogP contribution in [0.2, 0.25) is 0 Å². The molecule has 1 heterocycles. The number of Topliss-reactive ketones (excluding diaryl/α,β-unsaturated/α-hetero) is 1. The zero-order chi connectivity index (χ0) is 10.2. The minimum atomic E-state index is 0.258. The number of methoxy groups -OCH3 is 1. The van der Waals surface area contributed by atoms with Gasteiger partial charge < -0.3 is 4.74 Å². The number of aromatic nitrogens is 1. The van der Waals surface area contributed by atoms with Gasteiger partial charge in [0.25, 0.3) is 0 Å². The molecule has 0 aliphatic heterocycles. The number of hydrogen-bond donors (Lipinski definition) is 0. The van der Waals surface area contributed by atoms with Crippen molar-refractivity contribution in [2.24, 2.45) is 0 Å². The maximum absolute atomic E-state index is 11.4. The first-order chi connectivity index (χ1) is 6.83. The molecule has 0 aliphatic rings. The molecule has 0 saturated carbocycles. The molecule has 14 heavy (non-hydrogen) atoms. The number of ketones is 1. The Kier molecular flexibility index (Phi) is 4.86. The van der Waals surface area contributed by atoms with Gasteiger partial charge in [-0.05, 0) is 24.1 Å². The molecule has 0 radical (unpaired) electrons. The van der Waals surface area contributed by atoms with Gasteiger partial charge in [0, 0.05) is 39.0 Å². The number of ether oxygens (including phenoxy) is 1. The van der Waals surface area contributed by atoms with E-state index in [0.29, 0.717) is 19.4 Å². The van der Waals surface area contributed by atoms with Gasteiger partial charge in [-0.3, -0.25) is 9.78 Å². The fourth-order valence-electron chi connectivity index (χ4n) is 1.23. The lowest BCUT2D eigenvalue weighted by atomic mass is 10.1. The first kappa shape index (κ1) is 10.9. The third-order valence-electron chi connectivity index (χ3n) is 1.95. The molecular formula is C11H15NO2. The van der Waals surface area contributed by atoms with Crippen molar-refractivity contribution in [2.75, 3.05) is 13.7 Å². The standard InChI is InChI=1S/C11H15NO2/c1-14-8-2-3-11(13)9-10-4-6-12-7-5-10/h4-7H,2-3,8-9H2,1H3. The summed E-state index contributed by atoms with van der Waals surface area (Å²) in [5.41, 5.74) is 1.03. The number of pyridine rings is 1. The van der Waals surface area contributed by atoms with Crippen molar-refractivity contribution >= 4 is 5.78 Å². The summed E-state index contributed by atoms with van der Waals surface area (Å²) in [5.74, 6) is 0.258. The molecule has 1 aromatic heterocycles. The molecule has 1 rings (SSSR count).